The van der Waals surface area contributed by atoms with Crippen LogP contribution >= 0.6 is 11.3 Å². The number of thiophene rings is 1. The van der Waals surface area contributed by atoms with Crippen molar-refractivity contribution in [2.75, 3.05) is 17.2 Å². The molecule has 0 unspecified atom stereocenters. The minimum Gasteiger partial charge on any atom is -0.383 e. The van der Waals surface area contributed by atoms with Crippen LogP contribution in [0.4, 0.5) is 11.5 Å². The Morgan fingerprint density at radius 1 is 1.30 bits per heavy atom. The van der Waals surface area contributed by atoms with E-state index in [2.05, 4.69) is 18.8 Å². The van der Waals surface area contributed by atoms with Crippen molar-refractivity contribution in [1.29, 1.82) is 0 Å². The van der Waals surface area contributed by atoms with E-state index in [0.29, 0.717) is 23.9 Å². The number of aromatic amines is 1. The summed E-state index contributed by atoms with van der Waals surface area (Å²) < 4.78 is 1.37. The lowest BCUT2D eigenvalue weighted by Crippen LogP contribution is -2.41. The molecule has 8 heteroatoms. The van der Waals surface area contributed by atoms with Gasteiger partial charge in [0.1, 0.15) is 5.82 Å². The highest BCUT2D eigenvalue weighted by Gasteiger charge is 2.27. The number of hydrogen-bond acceptors (Lipinski definition) is 5. The Bertz CT molecular complexity index is 995. The van der Waals surface area contributed by atoms with Crippen LogP contribution < -0.4 is 21.9 Å². The summed E-state index contributed by atoms with van der Waals surface area (Å²) in [5.41, 5.74) is 6.49. The summed E-state index contributed by atoms with van der Waals surface area (Å²) in [7, 11) is 0. The normalized spacial score (nSPS) is 13.5. The molecule has 0 spiro atoms. The van der Waals surface area contributed by atoms with Crippen molar-refractivity contribution in [1.82, 2.24) is 9.55 Å². The van der Waals surface area contributed by atoms with Gasteiger partial charge in [-0.05, 0) is 56.1 Å². The molecule has 0 bridgehead atoms. The van der Waals surface area contributed by atoms with Crippen LogP contribution in [0.2, 0.25) is 0 Å². The van der Waals surface area contributed by atoms with E-state index < -0.39 is 11.2 Å². The van der Waals surface area contributed by atoms with Gasteiger partial charge in [0, 0.05) is 18.0 Å². The van der Waals surface area contributed by atoms with Crippen molar-refractivity contribution in [3.05, 3.63) is 42.2 Å². The first kappa shape index (κ1) is 22.3. The summed E-state index contributed by atoms with van der Waals surface area (Å²) >= 11 is 1.52. The topological polar surface area (TPSA) is 101 Å². The van der Waals surface area contributed by atoms with E-state index in [1.807, 2.05) is 13.0 Å². The molecule has 2 heterocycles. The molecule has 30 heavy (non-hydrogen) atoms. The van der Waals surface area contributed by atoms with E-state index in [1.54, 1.807) is 0 Å². The monoisotopic (exact) mass is 432 g/mol. The van der Waals surface area contributed by atoms with Crippen LogP contribution in [0, 0.1) is 5.92 Å². The second kappa shape index (κ2) is 9.64. The van der Waals surface area contributed by atoms with Crippen LogP contribution in [0.25, 0.3) is 0 Å². The number of nitrogens with one attached hydrogen (secondary N) is 1. The summed E-state index contributed by atoms with van der Waals surface area (Å²) in [5.74, 6) is 0.201. The van der Waals surface area contributed by atoms with Gasteiger partial charge in [0.05, 0.1) is 4.88 Å². The minimum absolute atomic E-state index is 0.0654. The van der Waals surface area contributed by atoms with E-state index in [-0.39, 0.29) is 17.4 Å². The SMILES string of the molecule is CCCCn1c(N)c(N(CCC(C)C)C(=O)c2cc3c(s2)CCCC3)c(=O)[nH]c1=O. The zero-order valence-corrected chi connectivity index (χ0v) is 18.9. The van der Waals surface area contributed by atoms with Gasteiger partial charge in [-0.25, -0.2) is 4.79 Å². The number of hydrogen-bond donors (Lipinski definition) is 2. The number of aromatic nitrogens is 2. The number of nitrogens with zero attached hydrogens (tertiary/aromatic N) is 2. The predicted octanol–water partition coefficient (Wildman–Crippen LogP) is 3.55. The average molecular weight is 433 g/mol. The van der Waals surface area contributed by atoms with Crippen LogP contribution in [-0.4, -0.2) is 22.0 Å². The first-order chi connectivity index (χ1) is 14.3. The zero-order chi connectivity index (χ0) is 21.8. The summed E-state index contributed by atoms with van der Waals surface area (Å²) in [5, 5.41) is 0. The quantitative estimate of drug-likeness (QED) is 0.666. The van der Waals surface area contributed by atoms with Crippen molar-refractivity contribution in [2.24, 2.45) is 5.92 Å². The molecular formula is C22H32N4O3S. The van der Waals surface area contributed by atoms with Crippen LogP contribution in [-0.2, 0) is 19.4 Å². The van der Waals surface area contributed by atoms with E-state index in [4.69, 9.17) is 5.73 Å². The molecule has 1 amide bonds. The lowest BCUT2D eigenvalue weighted by molar-refractivity contribution is 0.0989. The van der Waals surface area contributed by atoms with Gasteiger partial charge in [-0.15, -0.1) is 11.3 Å². The molecule has 7 nitrogen and oxygen atoms in total. The van der Waals surface area contributed by atoms with Crippen LogP contribution in [0.3, 0.4) is 0 Å². The van der Waals surface area contributed by atoms with Gasteiger partial charge in [0.2, 0.25) is 0 Å². The molecule has 164 valence electrons. The summed E-state index contributed by atoms with van der Waals surface area (Å²) in [6.07, 6.45) is 6.66. The molecule has 0 saturated carbocycles. The van der Waals surface area contributed by atoms with Gasteiger partial charge in [-0.3, -0.25) is 24.0 Å². The van der Waals surface area contributed by atoms with E-state index >= 15 is 0 Å². The molecule has 0 atom stereocenters. The highest BCUT2D eigenvalue weighted by molar-refractivity contribution is 7.14. The van der Waals surface area contributed by atoms with Gasteiger partial charge >= 0.3 is 5.69 Å². The van der Waals surface area contributed by atoms with E-state index in [0.717, 1.165) is 44.9 Å². The Labute approximate surface area is 180 Å². The van der Waals surface area contributed by atoms with Gasteiger partial charge in [-0.2, -0.15) is 0 Å². The lowest BCUT2D eigenvalue weighted by atomic mass is 9.99. The number of nitrogen functional groups attached to an aromatic ring is 1. The fraction of sp³-hybridized carbons (Fsp3) is 0.591. The van der Waals surface area contributed by atoms with Crippen molar-refractivity contribution in [3.8, 4) is 0 Å². The molecule has 2 aromatic heterocycles. The third kappa shape index (κ3) is 4.69. The van der Waals surface area contributed by atoms with Gasteiger partial charge in [0.25, 0.3) is 11.5 Å². The third-order valence-corrected chi connectivity index (χ3v) is 6.83. The predicted molar refractivity (Wildman–Crippen MR) is 123 cm³/mol. The highest BCUT2D eigenvalue weighted by Crippen LogP contribution is 2.31. The second-order valence-corrected chi connectivity index (χ2v) is 9.54. The second-order valence-electron chi connectivity index (χ2n) is 8.40. The number of H-pyrrole nitrogens is 1. The molecule has 2 aromatic rings. The Balaban J connectivity index is 2.05. The van der Waals surface area contributed by atoms with E-state index in [9.17, 15) is 14.4 Å². The largest absolute Gasteiger partial charge is 0.383 e. The molecule has 0 fully saturated rings. The third-order valence-electron chi connectivity index (χ3n) is 5.60. The van der Waals surface area contributed by atoms with Gasteiger partial charge in [0.15, 0.2) is 5.69 Å². The molecule has 0 radical (unpaired) electrons. The first-order valence-corrected chi connectivity index (χ1v) is 11.7. The Morgan fingerprint density at radius 3 is 2.70 bits per heavy atom. The number of rotatable bonds is 8. The molecule has 1 aliphatic carbocycles. The number of unbranched alkanes of at least 4 members (excludes halogenated alkanes) is 1. The summed E-state index contributed by atoms with van der Waals surface area (Å²) in [6.45, 7) is 6.94. The van der Waals surface area contributed by atoms with Crippen molar-refractivity contribution in [3.63, 3.8) is 0 Å². The zero-order valence-electron chi connectivity index (χ0n) is 18.1. The maximum Gasteiger partial charge on any atom is 0.330 e. The first-order valence-electron chi connectivity index (χ1n) is 10.9. The van der Waals surface area contributed by atoms with Crippen LogP contribution in [0.5, 0.6) is 0 Å². The minimum atomic E-state index is -0.608. The smallest absolute Gasteiger partial charge is 0.330 e. The Kier molecular flexibility index (Phi) is 7.18. The van der Waals surface area contributed by atoms with Gasteiger partial charge < -0.3 is 5.73 Å². The number of anilines is 2. The van der Waals surface area contributed by atoms with Crippen molar-refractivity contribution < 1.29 is 4.79 Å². The number of amides is 1. The number of carbonyl (C=O) groups is 1. The number of carbonyl (C=O) groups excluding carboxylic acids is 1. The molecule has 0 aromatic carbocycles. The fourth-order valence-corrected chi connectivity index (χ4v) is 5.01. The molecule has 0 saturated heterocycles. The maximum atomic E-state index is 13.5. The van der Waals surface area contributed by atoms with E-state index in [1.165, 1.54) is 31.2 Å². The highest BCUT2D eigenvalue weighted by atomic mass is 32.1. The van der Waals surface area contributed by atoms with Crippen LogP contribution in [0.1, 0.15) is 73.0 Å². The van der Waals surface area contributed by atoms with Crippen LogP contribution in [0.15, 0.2) is 15.7 Å². The molecule has 1 aliphatic rings. The average Bonchev–Trinajstić information content (AvgIpc) is 3.13. The maximum absolute atomic E-state index is 13.5. The fourth-order valence-electron chi connectivity index (χ4n) is 3.81. The molecule has 3 N–H and O–H groups in total. The van der Waals surface area contributed by atoms with Crippen molar-refractivity contribution >= 4 is 28.7 Å². The number of fused-ring (bicyclic) bond motifs is 1. The Hall–Kier alpha value is -2.35. The van der Waals surface area contributed by atoms with Crippen molar-refractivity contribution in [2.45, 2.75) is 72.3 Å². The molecular weight excluding hydrogens is 400 g/mol. The lowest BCUT2D eigenvalue weighted by Gasteiger charge is -2.25. The van der Waals surface area contributed by atoms with Gasteiger partial charge in [-0.1, -0.05) is 27.2 Å². The Morgan fingerprint density at radius 2 is 2.03 bits per heavy atom. The summed E-state index contributed by atoms with van der Waals surface area (Å²) in [6, 6.07) is 1.97. The number of nitrogens with two attached hydrogens (primary N) is 1. The molecule has 0 aliphatic heterocycles. The molecule has 3 rings (SSSR count). The number of aryl methyl sites for hydroxylation is 2. The summed E-state index contributed by atoms with van der Waals surface area (Å²) in [4.78, 5) is 44.3. The standard InChI is InChI=1S/C22H32N4O3S/c1-4-5-11-26-19(23)18(20(27)24-22(26)29)25(12-10-14(2)3)21(28)17-13-15-8-6-7-9-16(15)30-17/h13-14H,4-12,23H2,1-3H3,(H,24,27,29).